The first-order chi connectivity index (χ1) is 15.2. The summed E-state index contributed by atoms with van der Waals surface area (Å²) in [6, 6.07) is 13.5. The number of aromatic nitrogens is 2. The summed E-state index contributed by atoms with van der Waals surface area (Å²) in [7, 11) is 1.73. The molecule has 3 aromatic rings. The molecule has 0 saturated carbocycles. The number of carboxylic acid groups (broad SMARTS) is 1. The van der Waals surface area contributed by atoms with Crippen LogP contribution >= 0.6 is 0 Å². The van der Waals surface area contributed by atoms with E-state index in [1.54, 1.807) is 18.7 Å². The van der Waals surface area contributed by atoms with Crippen molar-refractivity contribution < 1.29 is 19.8 Å². The molecule has 0 atom stereocenters. The summed E-state index contributed by atoms with van der Waals surface area (Å²) >= 11 is 0. The molecule has 2 aromatic carbocycles. The first kappa shape index (κ1) is 22.7. The summed E-state index contributed by atoms with van der Waals surface area (Å²) < 4.78 is 1.58. The van der Waals surface area contributed by atoms with Crippen LogP contribution in [0.4, 0.5) is 0 Å². The van der Waals surface area contributed by atoms with Gasteiger partial charge >= 0.3 is 5.97 Å². The van der Waals surface area contributed by atoms with Gasteiger partial charge in [0.25, 0.3) is 5.91 Å². The van der Waals surface area contributed by atoms with Crippen molar-refractivity contribution in [3.05, 3.63) is 70.9 Å². The van der Waals surface area contributed by atoms with E-state index >= 15 is 0 Å². The third kappa shape index (κ3) is 5.03. The number of rotatable bonds is 7. The van der Waals surface area contributed by atoms with Crippen molar-refractivity contribution in [1.82, 2.24) is 15.2 Å². The van der Waals surface area contributed by atoms with Gasteiger partial charge in [-0.1, -0.05) is 38.1 Å². The van der Waals surface area contributed by atoms with E-state index in [2.05, 4.69) is 29.5 Å². The molecule has 1 amide bonds. The van der Waals surface area contributed by atoms with Crippen LogP contribution in [-0.2, 0) is 13.5 Å². The first-order valence-corrected chi connectivity index (χ1v) is 10.2. The Bertz CT molecular complexity index is 1160. The maximum absolute atomic E-state index is 12.3. The van der Waals surface area contributed by atoms with Gasteiger partial charge in [0.05, 0.1) is 11.3 Å². The number of carbonyl (C=O) groups excluding carboxylic acids is 1. The molecule has 1 heterocycles. The molecule has 8 nitrogen and oxygen atoms in total. The second-order valence-electron chi connectivity index (χ2n) is 7.98. The van der Waals surface area contributed by atoms with Crippen LogP contribution in [-0.4, -0.2) is 37.6 Å². The standard InChI is InChI=1S/C24H26N4O4/c1-14(2)13-16-5-7-17(8-6-16)21-22(29)20(27-28(21)4)15(3)25-26-23(30)18-9-11-19(12-10-18)24(31)32/h5-12,14,29H,13H2,1-4H3,(H,26,30)(H,31,32)/b25-15-. The molecule has 0 radical (unpaired) electrons. The van der Waals surface area contributed by atoms with Crippen LogP contribution in [0.15, 0.2) is 53.6 Å². The van der Waals surface area contributed by atoms with Gasteiger partial charge in [0.2, 0.25) is 0 Å². The number of aromatic hydroxyl groups is 1. The van der Waals surface area contributed by atoms with Crippen LogP contribution in [0.25, 0.3) is 11.3 Å². The lowest BCUT2D eigenvalue weighted by Gasteiger charge is -2.07. The van der Waals surface area contributed by atoms with Crippen molar-refractivity contribution in [3.63, 3.8) is 0 Å². The van der Waals surface area contributed by atoms with Gasteiger partial charge in [-0.3, -0.25) is 9.48 Å². The Morgan fingerprint density at radius 1 is 1.06 bits per heavy atom. The Kier molecular flexibility index (Phi) is 6.73. The molecule has 32 heavy (non-hydrogen) atoms. The number of aromatic carboxylic acids is 1. The van der Waals surface area contributed by atoms with Gasteiger partial charge in [-0.25, -0.2) is 10.2 Å². The Balaban J connectivity index is 1.78. The van der Waals surface area contributed by atoms with Gasteiger partial charge in [0.1, 0.15) is 5.69 Å². The van der Waals surface area contributed by atoms with Crippen LogP contribution < -0.4 is 5.43 Å². The van der Waals surface area contributed by atoms with Gasteiger partial charge in [0, 0.05) is 18.2 Å². The number of aryl methyl sites for hydroxylation is 1. The lowest BCUT2D eigenvalue weighted by atomic mass is 10.0. The van der Waals surface area contributed by atoms with Crippen LogP contribution in [0.5, 0.6) is 5.75 Å². The maximum atomic E-state index is 12.3. The quantitative estimate of drug-likeness (QED) is 0.386. The van der Waals surface area contributed by atoms with Crippen LogP contribution in [0.2, 0.25) is 0 Å². The monoisotopic (exact) mass is 434 g/mol. The third-order valence-electron chi connectivity index (χ3n) is 4.96. The van der Waals surface area contributed by atoms with Crippen molar-refractivity contribution >= 4 is 17.6 Å². The number of hydrogen-bond acceptors (Lipinski definition) is 5. The summed E-state index contributed by atoms with van der Waals surface area (Å²) in [5.41, 5.74) is 5.95. The zero-order valence-corrected chi connectivity index (χ0v) is 18.5. The van der Waals surface area contributed by atoms with E-state index < -0.39 is 11.9 Å². The number of nitrogens with zero attached hydrogens (tertiary/aromatic N) is 3. The smallest absolute Gasteiger partial charge is 0.335 e. The Labute approximate surface area is 186 Å². The Hall–Kier alpha value is -3.94. The fraction of sp³-hybridized carbons (Fsp3) is 0.250. The molecular formula is C24H26N4O4. The van der Waals surface area contributed by atoms with Gasteiger partial charge in [-0.05, 0) is 49.1 Å². The summed E-state index contributed by atoms with van der Waals surface area (Å²) in [6.45, 7) is 5.96. The summed E-state index contributed by atoms with van der Waals surface area (Å²) in [5, 5.41) is 28.1. The zero-order chi connectivity index (χ0) is 23.4. The van der Waals surface area contributed by atoms with Crippen molar-refractivity contribution in [2.75, 3.05) is 0 Å². The fourth-order valence-corrected chi connectivity index (χ4v) is 3.37. The van der Waals surface area contributed by atoms with Crippen LogP contribution in [0, 0.1) is 5.92 Å². The predicted octanol–water partition coefficient (Wildman–Crippen LogP) is 3.84. The highest BCUT2D eigenvalue weighted by Gasteiger charge is 2.19. The SMILES string of the molecule is C/C(=N/NC(=O)c1ccc(C(=O)O)cc1)c1nn(C)c(-c2ccc(CC(C)C)cc2)c1O. The topological polar surface area (TPSA) is 117 Å². The van der Waals surface area contributed by atoms with E-state index in [1.807, 2.05) is 24.3 Å². The molecule has 0 bridgehead atoms. The highest BCUT2D eigenvalue weighted by molar-refractivity contribution is 6.02. The second kappa shape index (κ2) is 9.47. The van der Waals surface area contributed by atoms with Gasteiger partial charge in [-0.15, -0.1) is 0 Å². The molecule has 3 N–H and O–H groups in total. The Morgan fingerprint density at radius 2 is 1.66 bits per heavy atom. The lowest BCUT2D eigenvalue weighted by Crippen LogP contribution is -2.19. The summed E-state index contributed by atoms with van der Waals surface area (Å²) in [5.74, 6) is -1.04. The third-order valence-corrected chi connectivity index (χ3v) is 4.96. The number of carbonyl (C=O) groups is 2. The molecule has 166 valence electrons. The number of benzene rings is 2. The molecule has 8 heteroatoms. The number of hydrazone groups is 1. The normalized spacial score (nSPS) is 11.6. The molecular weight excluding hydrogens is 408 g/mol. The van der Waals surface area contributed by atoms with E-state index in [9.17, 15) is 14.7 Å². The number of amides is 1. The minimum absolute atomic E-state index is 0.0228. The molecule has 0 aliphatic rings. The second-order valence-corrected chi connectivity index (χ2v) is 7.98. The van der Waals surface area contributed by atoms with Crippen molar-refractivity contribution in [1.29, 1.82) is 0 Å². The zero-order valence-electron chi connectivity index (χ0n) is 18.5. The van der Waals surface area contributed by atoms with E-state index in [1.165, 1.54) is 29.8 Å². The lowest BCUT2D eigenvalue weighted by molar-refractivity contribution is 0.0696. The molecule has 1 aromatic heterocycles. The average molecular weight is 434 g/mol. The molecule has 3 rings (SSSR count). The molecule has 0 unspecified atom stereocenters. The van der Waals surface area contributed by atoms with Crippen molar-refractivity contribution in [3.8, 4) is 17.0 Å². The Morgan fingerprint density at radius 3 is 2.22 bits per heavy atom. The maximum Gasteiger partial charge on any atom is 0.335 e. The van der Waals surface area contributed by atoms with Crippen LogP contribution in [0.1, 0.15) is 52.7 Å². The molecule has 0 fully saturated rings. The van der Waals surface area contributed by atoms with E-state index in [4.69, 9.17) is 5.11 Å². The van der Waals surface area contributed by atoms with Gasteiger partial charge in [0.15, 0.2) is 11.4 Å². The number of carboxylic acids is 1. The van der Waals surface area contributed by atoms with Gasteiger partial charge < -0.3 is 10.2 Å². The van der Waals surface area contributed by atoms with E-state index in [0.29, 0.717) is 17.3 Å². The van der Waals surface area contributed by atoms with Crippen molar-refractivity contribution in [2.45, 2.75) is 27.2 Å². The molecule has 0 aliphatic carbocycles. The highest BCUT2D eigenvalue weighted by atomic mass is 16.4. The van der Waals surface area contributed by atoms with E-state index in [-0.39, 0.29) is 22.6 Å². The predicted molar refractivity (Wildman–Crippen MR) is 122 cm³/mol. The van der Waals surface area contributed by atoms with Crippen molar-refractivity contribution in [2.24, 2.45) is 18.1 Å². The number of nitrogens with one attached hydrogen (secondary N) is 1. The average Bonchev–Trinajstić information content (AvgIpc) is 3.06. The first-order valence-electron chi connectivity index (χ1n) is 10.2. The van der Waals surface area contributed by atoms with Crippen LogP contribution in [0.3, 0.4) is 0 Å². The minimum Gasteiger partial charge on any atom is -0.504 e. The van der Waals surface area contributed by atoms with Gasteiger partial charge in [-0.2, -0.15) is 10.2 Å². The molecule has 0 spiro atoms. The number of hydrogen-bond donors (Lipinski definition) is 3. The fourth-order valence-electron chi connectivity index (χ4n) is 3.37. The molecule has 0 saturated heterocycles. The van der Waals surface area contributed by atoms with E-state index in [0.717, 1.165) is 12.0 Å². The molecule has 0 aliphatic heterocycles. The summed E-state index contributed by atoms with van der Waals surface area (Å²) in [4.78, 5) is 23.2. The minimum atomic E-state index is -1.07. The largest absolute Gasteiger partial charge is 0.504 e. The summed E-state index contributed by atoms with van der Waals surface area (Å²) in [6.07, 6.45) is 0.980. The highest BCUT2D eigenvalue weighted by Crippen LogP contribution is 2.32.